The van der Waals surface area contributed by atoms with Crippen LogP contribution in [0, 0.1) is 0 Å². The summed E-state index contributed by atoms with van der Waals surface area (Å²) in [7, 11) is 1.75. The number of benzene rings is 12. The number of para-hydroxylation sites is 4. The first-order valence-electron chi connectivity index (χ1n) is 46.6. The first-order valence-corrected chi connectivity index (χ1v) is 46.6. The topological polar surface area (TPSA) is 222 Å². The highest BCUT2D eigenvalue weighted by Gasteiger charge is 2.47. The van der Waals surface area contributed by atoms with E-state index in [0.29, 0.717) is 13.1 Å². The number of likely N-dealkylation sites (N-methyl/N-ethyl adjacent to an activating group) is 1. The van der Waals surface area contributed by atoms with Crippen LogP contribution < -0.4 is 21.3 Å². The van der Waals surface area contributed by atoms with E-state index in [1.807, 2.05) is 86.6 Å². The zero-order valence-corrected chi connectivity index (χ0v) is 74.5. The van der Waals surface area contributed by atoms with Crippen LogP contribution in [0.2, 0.25) is 0 Å². The molecule has 0 spiro atoms. The Balaban J connectivity index is 0.000000116. The third kappa shape index (κ3) is 18.8. The SMILES string of the molecule is CC(C)NC(=O)C1(c2ccccc2)CCN(Cc2ccc3[nH]c4ccccc4c3c2)CC1.CNC(=O)C1(c2ccccc2)CCN(Cc2ccc3[nH]c4ccccc4c3c2)CC1.O=C(NCC1CCCO1)C1(c2ccccc2)CCN(Cc2ccc3[nH]c4ccccc4c3c2)CC1.O=C(NCCO)C1(c2ccccc2)CCN(Cc2ccc3[nH]c4ccccc4c3c2)CC1. The molecule has 0 radical (unpaired) electrons. The smallest absolute Gasteiger partial charge is 0.230 e. The van der Waals surface area contributed by atoms with Gasteiger partial charge in [-0.25, -0.2) is 0 Å². The Morgan fingerprint density at radius 2 is 0.620 bits per heavy atom. The van der Waals surface area contributed by atoms with Crippen LogP contribution in [0.25, 0.3) is 87.2 Å². The lowest BCUT2D eigenvalue weighted by Gasteiger charge is -2.41. The van der Waals surface area contributed by atoms with Gasteiger partial charge in [-0.3, -0.25) is 38.8 Å². The first kappa shape index (κ1) is 87.2. The van der Waals surface area contributed by atoms with Gasteiger partial charge in [0.2, 0.25) is 23.6 Å². The van der Waals surface area contributed by atoms with Crippen molar-refractivity contribution in [1.29, 1.82) is 0 Å². The van der Waals surface area contributed by atoms with Crippen molar-refractivity contribution in [2.24, 2.45) is 0 Å². The fourth-order valence-corrected chi connectivity index (χ4v) is 21.2. The molecule has 4 amide bonds. The third-order valence-corrected chi connectivity index (χ3v) is 28.3. The van der Waals surface area contributed by atoms with Crippen LogP contribution in [0.4, 0.5) is 0 Å². The molecule has 129 heavy (non-hydrogen) atoms. The van der Waals surface area contributed by atoms with Crippen molar-refractivity contribution in [2.75, 3.05) is 85.7 Å². The van der Waals surface area contributed by atoms with E-state index in [0.717, 1.165) is 177 Å². The van der Waals surface area contributed by atoms with Crippen LogP contribution in [0.5, 0.6) is 0 Å². The standard InChI is InChI=1S/C30H33N3O2.C28H31N3O.C27H29N3O2.C26H27N3O/c34-29(31-20-24-9-6-18-35-24)30(23-7-2-1-3-8-23)14-16-33(17-15-30)21-22-12-13-28-26(19-22)25-10-4-5-11-27(25)32-28;1-20(2)29-27(32)28(22-8-4-3-5-9-22)14-16-31(17-15-28)19-21-12-13-26-24(18-21)23-10-6-7-11-25(23)30-26;31-17-14-28-26(32)27(21-6-2-1-3-7-21)12-15-30(16-13-27)19-20-10-11-25-23(18-20)22-8-4-5-9-24(22)29-25;1-27-25(30)26(20-7-3-2-4-8-20)13-15-29(16-14-26)18-19-11-12-24-22(17-19)21-9-5-6-10-23(21)28-24/h1-5,7-8,10-13,19,24,32H,6,9,14-18,20-21H2,(H,31,34);3-13,18,20,30H,14-17,19H2,1-2H3,(H,29,32);1-11,18,29,31H,12-17,19H2,(H,28,32);2-12,17,28H,13-16,18H2,1H3,(H,27,30). The van der Waals surface area contributed by atoms with Crippen molar-refractivity contribution >= 4 is 111 Å². The van der Waals surface area contributed by atoms with Crippen molar-refractivity contribution in [3.63, 3.8) is 0 Å². The fraction of sp³-hybridized carbons (Fsp3) is 0.315. The molecule has 21 rings (SSSR count). The summed E-state index contributed by atoms with van der Waals surface area (Å²) in [5, 5.41) is 31.6. The number of amides is 4. The highest BCUT2D eigenvalue weighted by atomic mass is 16.5. The van der Waals surface area contributed by atoms with Crippen LogP contribution >= 0.6 is 0 Å². The average Bonchev–Trinajstić information content (AvgIpc) is 1.23. The Bertz CT molecular complexity index is 6540. The number of hydrogen-bond donors (Lipinski definition) is 9. The van der Waals surface area contributed by atoms with E-state index in [2.05, 4.69) is 279 Å². The van der Waals surface area contributed by atoms with Crippen LogP contribution in [-0.4, -0.2) is 166 Å². The zero-order chi connectivity index (χ0) is 88.3. The largest absolute Gasteiger partial charge is 0.395 e. The van der Waals surface area contributed by atoms with Crippen LogP contribution in [0.3, 0.4) is 0 Å². The maximum atomic E-state index is 13.6. The fourth-order valence-electron chi connectivity index (χ4n) is 21.2. The number of aliphatic hydroxyl groups excluding tert-OH is 1. The zero-order valence-electron chi connectivity index (χ0n) is 74.5. The molecule has 5 aliphatic rings. The van der Waals surface area contributed by atoms with Gasteiger partial charge in [0.05, 0.1) is 34.4 Å². The molecule has 0 saturated carbocycles. The van der Waals surface area contributed by atoms with E-state index in [-0.39, 0.29) is 42.4 Å². The summed E-state index contributed by atoms with van der Waals surface area (Å²) in [5.41, 5.74) is 17.3. The van der Waals surface area contributed by atoms with Crippen molar-refractivity contribution in [1.82, 2.24) is 60.8 Å². The summed E-state index contributed by atoms with van der Waals surface area (Å²) in [6.45, 7) is 16.5. The van der Waals surface area contributed by atoms with Gasteiger partial charge in [-0.1, -0.05) is 218 Å². The third-order valence-electron chi connectivity index (χ3n) is 28.3. The number of fused-ring (bicyclic) bond motifs is 12. The molecule has 9 heterocycles. The highest BCUT2D eigenvalue weighted by molar-refractivity contribution is 6.10. The molecule has 12 aromatic carbocycles. The second-order valence-electron chi connectivity index (χ2n) is 36.6. The number of aromatic amines is 4. The number of hydrogen-bond acceptors (Lipinski definition) is 10. The van der Waals surface area contributed by atoms with Crippen molar-refractivity contribution in [2.45, 2.75) is 138 Å². The lowest BCUT2D eigenvalue weighted by molar-refractivity contribution is -0.130. The molecule has 18 nitrogen and oxygen atoms in total. The lowest BCUT2D eigenvalue weighted by Crippen LogP contribution is -2.52. The van der Waals surface area contributed by atoms with E-state index in [1.165, 1.54) is 104 Å². The van der Waals surface area contributed by atoms with Gasteiger partial charge in [0, 0.05) is 146 Å². The summed E-state index contributed by atoms with van der Waals surface area (Å²) in [5.74, 6) is 0.476. The average molecular weight is 1720 g/mol. The molecule has 4 aromatic heterocycles. The molecule has 9 N–H and O–H groups in total. The Morgan fingerprint density at radius 1 is 0.349 bits per heavy atom. The van der Waals surface area contributed by atoms with E-state index >= 15 is 0 Å². The Kier molecular flexibility index (Phi) is 26.5. The summed E-state index contributed by atoms with van der Waals surface area (Å²) < 4.78 is 5.74. The first-order chi connectivity index (χ1) is 63.1. The molecule has 16 aromatic rings. The molecule has 5 aliphatic heterocycles. The van der Waals surface area contributed by atoms with Crippen LogP contribution in [0.15, 0.2) is 291 Å². The number of piperidine rings is 4. The number of aliphatic hydroxyl groups is 1. The number of carbonyl (C=O) groups excluding carboxylic acids is 4. The van der Waals surface area contributed by atoms with Crippen LogP contribution in [-0.2, 0) is 71.8 Å². The number of ether oxygens (including phenoxy) is 1. The van der Waals surface area contributed by atoms with Gasteiger partial charge in [-0.15, -0.1) is 0 Å². The number of likely N-dealkylation sites (tertiary alicyclic amines) is 4. The van der Waals surface area contributed by atoms with E-state index in [1.54, 1.807) is 7.05 Å². The number of nitrogens with one attached hydrogen (secondary N) is 8. The van der Waals surface area contributed by atoms with Crippen LogP contribution in [0.1, 0.15) is 123 Å². The summed E-state index contributed by atoms with van der Waals surface area (Å²) in [6, 6.07) is 102. The lowest BCUT2D eigenvalue weighted by atomic mass is 9.71. The number of carbonyl (C=O) groups is 4. The number of nitrogens with zero attached hydrogens (tertiary/aromatic N) is 4. The second-order valence-corrected chi connectivity index (χ2v) is 36.6. The van der Waals surface area contributed by atoms with Crippen molar-refractivity contribution in [3.05, 3.63) is 336 Å². The normalized spacial score (nSPS) is 17.6. The van der Waals surface area contributed by atoms with Gasteiger partial charge in [-0.05, 0) is 248 Å². The summed E-state index contributed by atoms with van der Waals surface area (Å²) in [4.78, 5) is 76.8. The van der Waals surface area contributed by atoms with E-state index in [4.69, 9.17) is 4.74 Å². The molecular weight excluding hydrogens is 1600 g/mol. The number of rotatable bonds is 21. The Hall–Kier alpha value is -12.5. The van der Waals surface area contributed by atoms with Crippen molar-refractivity contribution < 1.29 is 29.0 Å². The number of H-pyrrole nitrogens is 4. The minimum absolute atomic E-state index is 0.0256. The predicted molar refractivity (Wildman–Crippen MR) is 523 cm³/mol. The second kappa shape index (κ2) is 39.2. The monoisotopic (exact) mass is 1720 g/mol. The summed E-state index contributed by atoms with van der Waals surface area (Å²) >= 11 is 0. The van der Waals surface area contributed by atoms with Gasteiger partial charge in [0.1, 0.15) is 0 Å². The highest BCUT2D eigenvalue weighted by Crippen LogP contribution is 2.43. The molecule has 5 fully saturated rings. The van der Waals surface area contributed by atoms with Gasteiger partial charge >= 0.3 is 0 Å². The summed E-state index contributed by atoms with van der Waals surface area (Å²) in [6.07, 6.45) is 8.82. The van der Waals surface area contributed by atoms with Gasteiger partial charge < -0.3 is 51.0 Å². The minimum atomic E-state index is -0.534. The Labute approximate surface area is 755 Å². The molecule has 0 aliphatic carbocycles. The van der Waals surface area contributed by atoms with E-state index < -0.39 is 21.7 Å². The maximum absolute atomic E-state index is 13.6. The quantitative estimate of drug-likeness (QED) is 0.0331. The molecule has 0 bridgehead atoms. The maximum Gasteiger partial charge on any atom is 0.230 e. The molecule has 5 saturated heterocycles. The predicted octanol–water partition coefficient (Wildman–Crippen LogP) is 19.1. The van der Waals surface area contributed by atoms with Gasteiger partial charge in [-0.2, -0.15) is 0 Å². The molecule has 1 unspecified atom stereocenters. The Morgan fingerprint density at radius 3 is 0.899 bits per heavy atom. The molecule has 18 heteroatoms. The van der Waals surface area contributed by atoms with E-state index in [9.17, 15) is 24.3 Å². The molecule has 1 atom stereocenters. The minimum Gasteiger partial charge on any atom is -0.395 e. The molecular formula is C111H120N12O6. The number of aromatic nitrogens is 4. The van der Waals surface area contributed by atoms with Crippen molar-refractivity contribution in [3.8, 4) is 0 Å². The van der Waals surface area contributed by atoms with Gasteiger partial charge in [0.15, 0.2) is 0 Å². The molecule has 660 valence electrons. The van der Waals surface area contributed by atoms with Gasteiger partial charge in [0.25, 0.3) is 0 Å².